The number of anilines is 1. The molecule has 268 valence electrons. The SMILES string of the molecule is CCC(O)N[C@H](Cc1ccc(NC(=O)[C@](C)(NC(=O)c2ccnn2C)C2Cc3ccccc3C2)cc1)C(=O)N1CCN(Cc2ccccc2)CC1. The molecule has 3 amide bonds. The standard InChI is InChI=1S/C40H49N7O4/c1-4-36(48)43-34(38(50)47-22-20-46(21-23-47)27-29-10-6-5-7-11-29)24-28-14-16-33(17-15-28)42-39(51)40(2,44-37(49)35-18-19-41-45(35)3)32-25-30-12-8-9-13-31(30)26-32/h5-19,32,34,36,43,48H,4,20-27H2,1-3H3,(H,42,51)(H,44,49)/t34-,36?,40-/m1/s1. The van der Waals surface area contributed by atoms with Crippen LogP contribution in [-0.4, -0.2) is 86.4 Å². The molecule has 0 bridgehead atoms. The molecule has 1 saturated heterocycles. The fourth-order valence-corrected chi connectivity index (χ4v) is 7.18. The predicted molar refractivity (Wildman–Crippen MR) is 197 cm³/mol. The zero-order valence-electron chi connectivity index (χ0n) is 29.7. The van der Waals surface area contributed by atoms with Crippen molar-refractivity contribution in [1.82, 2.24) is 30.2 Å². The fourth-order valence-electron chi connectivity index (χ4n) is 7.18. The number of amides is 3. The van der Waals surface area contributed by atoms with Crippen molar-refractivity contribution in [2.75, 3.05) is 31.5 Å². The van der Waals surface area contributed by atoms with E-state index in [1.165, 1.54) is 21.4 Å². The highest BCUT2D eigenvalue weighted by Crippen LogP contribution is 2.35. The number of carbonyl (C=O) groups excluding carboxylic acids is 3. The maximum absolute atomic E-state index is 14.1. The lowest BCUT2D eigenvalue weighted by molar-refractivity contribution is -0.136. The molecule has 3 atom stereocenters. The van der Waals surface area contributed by atoms with Crippen LogP contribution in [0.2, 0.25) is 0 Å². The van der Waals surface area contributed by atoms with Gasteiger partial charge in [0, 0.05) is 51.7 Å². The molecule has 6 rings (SSSR count). The van der Waals surface area contributed by atoms with E-state index in [0.717, 1.165) is 25.2 Å². The molecule has 3 aromatic carbocycles. The summed E-state index contributed by atoms with van der Waals surface area (Å²) in [5.41, 5.74) is 4.24. The van der Waals surface area contributed by atoms with Crippen LogP contribution in [0.25, 0.3) is 0 Å². The number of nitrogens with zero attached hydrogens (tertiary/aromatic N) is 4. The molecule has 4 aromatic rings. The molecule has 1 aromatic heterocycles. The maximum Gasteiger partial charge on any atom is 0.270 e. The summed E-state index contributed by atoms with van der Waals surface area (Å²) in [6, 6.07) is 27.0. The predicted octanol–water partition coefficient (Wildman–Crippen LogP) is 3.54. The second-order valence-electron chi connectivity index (χ2n) is 14.0. The molecule has 51 heavy (non-hydrogen) atoms. The number of hydrogen-bond donors (Lipinski definition) is 4. The minimum atomic E-state index is -1.22. The zero-order valence-corrected chi connectivity index (χ0v) is 29.7. The quantitative estimate of drug-likeness (QED) is 0.158. The van der Waals surface area contributed by atoms with Gasteiger partial charge >= 0.3 is 0 Å². The number of carbonyl (C=O) groups is 3. The number of piperazine rings is 1. The number of nitrogens with one attached hydrogen (secondary N) is 3. The number of aryl methyl sites for hydroxylation is 1. The van der Waals surface area contributed by atoms with Crippen molar-refractivity contribution in [2.45, 2.75) is 63.9 Å². The van der Waals surface area contributed by atoms with E-state index in [-0.39, 0.29) is 23.6 Å². The fraction of sp³-hybridized carbons (Fsp3) is 0.400. The van der Waals surface area contributed by atoms with Gasteiger partial charge in [-0.3, -0.25) is 29.3 Å². The van der Waals surface area contributed by atoms with Crippen molar-refractivity contribution in [3.63, 3.8) is 0 Å². The molecule has 2 aliphatic rings. The van der Waals surface area contributed by atoms with E-state index in [2.05, 4.69) is 50.2 Å². The van der Waals surface area contributed by atoms with Crippen molar-refractivity contribution in [2.24, 2.45) is 13.0 Å². The summed E-state index contributed by atoms with van der Waals surface area (Å²) in [4.78, 5) is 45.6. The molecule has 11 nitrogen and oxygen atoms in total. The Morgan fingerprint density at radius 2 is 1.53 bits per heavy atom. The van der Waals surface area contributed by atoms with Gasteiger partial charge in [-0.1, -0.05) is 73.7 Å². The molecule has 0 radical (unpaired) electrons. The highest BCUT2D eigenvalue weighted by Gasteiger charge is 2.45. The van der Waals surface area contributed by atoms with E-state index >= 15 is 0 Å². The number of rotatable bonds is 13. The Hall–Kier alpha value is -4.84. The Bertz CT molecular complexity index is 1780. The van der Waals surface area contributed by atoms with Gasteiger partial charge in [-0.2, -0.15) is 5.10 Å². The van der Waals surface area contributed by atoms with E-state index < -0.39 is 17.8 Å². The third kappa shape index (κ3) is 8.56. The number of aliphatic hydroxyl groups excluding tert-OH is 1. The van der Waals surface area contributed by atoms with Crippen LogP contribution in [0.5, 0.6) is 0 Å². The lowest BCUT2D eigenvalue weighted by Gasteiger charge is -2.37. The topological polar surface area (TPSA) is 132 Å². The van der Waals surface area contributed by atoms with Gasteiger partial charge in [0.15, 0.2) is 0 Å². The average molecular weight is 692 g/mol. The number of fused-ring (bicyclic) bond motifs is 1. The van der Waals surface area contributed by atoms with Gasteiger partial charge in [-0.25, -0.2) is 0 Å². The Labute approximate surface area is 300 Å². The first kappa shape index (κ1) is 36.0. The second-order valence-corrected chi connectivity index (χ2v) is 14.0. The molecule has 1 aliphatic carbocycles. The summed E-state index contributed by atoms with van der Waals surface area (Å²) in [5.74, 6) is -0.865. The molecule has 0 spiro atoms. The molecule has 11 heteroatoms. The largest absolute Gasteiger partial charge is 0.379 e. The van der Waals surface area contributed by atoms with Gasteiger partial charge in [0.1, 0.15) is 17.5 Å². The van der Waals surface area contributed by atoms with E-state index in [9.17, 15) is 19.5 Å². The monoisotopic (exact) mass is 691 g/mol. The first-order valence-corrected chi connectivity index (χ1v) is 17.9. The van der Waals surface area contributed by atoms with Gasteiger partial charge in [0.05, 0.1) is 6.04 Å². The van der Waals surface area contributed by atoms with Gasteiger partial charge in [-0.05, 0) is 79.0 Å². The van der Waals surface area contributed by atoms with Crippen molar-refractivity contribution in [1.29, 1.82) is 0 Å². The molecular formula is C40H49N7O4. The van der Waals surface area contributed by atoms with Gasteiger partial charge in [-0.15, -0.1) is 0 Å². The Kier molecular flexibility index (Phi) is 11.3. The lowest BCUT2D eigenvalue weighted by Crippen LogP contribution is -2.60. The Morgan fingerprint density at radius 3 is 2.14 bits per heavy atom. The maximum atomic E-state index is 14.1. The zero-order chi connectivity index (χ0) is 36.0. The molecule has 1 fully saturated rings. The van der Waals surface area contributed by atoms with Crippen LogP contribution in [-0.2, 0) is 42.4 Å². The number of benzene rings is 3. The lowest BCUT2D eigenvalue weighted by atomic mass is 9.82. The van der Waals surface area contributed by atoms with Crippen LogP contribution < -0.4 is 16.0 Å². The van der Waals surface area contributed by atoms with Gasteiger partial charge < -0.3 is 20.6 Å². The number of aromatic nitrogens is 2. The third-order valence-corrected chi connectivity index (χ3v) is 10.4. The minimum absolute atomic E-state index is 0.0308. The summed E-state index contributed by atoms with van der Waals surface area (Å²) < 4.78 is 1.49. The first-order valence-electron chi connectivity index (χ1n) is 17.9. The Morgan fingerprint density at radius 1 is 0.882 bits per heavy atom. The third-order valence-electron chi connectivity index (χ3n) is 10.4. The summed E-state index contributed by atoms with van der Waals surface area (Å²) in [5, 5.41) is 23.9. The van der Waals surface area contributed by atoms with Crippen LogP contribution in [0, 0.1) is 5.92 Å². The smallest absolute Gasteiger partial charge is 0.270 e. The summed E-state index contributed by atoms with van der Waals surface area (Å²) >= 11 is 0. The number of hydrogen-bond acceptors (Lipinski definition) is 7. The van der Waals surface area contributed by atoms with Crippen molar-refractivity contribution >= 4 is 23.4 Å². The van der Waals surface area contributed by atoms with Crippen molar-refractivity contribution in [3.8, 4) is 0 Å². The summed E-state index contributed by atoms with van der Waals surface area (Å²) in [6.45, 7) is 7.34. The second kappa shape index (κ2) is 16.0. The van der Waals surface area contributed by atoms with Crippen LogP contribution in [0.15, 0.2) is 91.1 Å². The normalized spacial score (nSPS) is 17.3. The number of aliphatic hydroxyl groups is 1. The molecule has 4 N–H and O–H groups in total. The first-order chi connectivity index (χ1) is 24.6. The van der Waals surface area contributed by atoms with Crippen molar-refractivity contribution in [3.05, 3.63) is 119 Å². The molecule has 2 heterocycles. The minimum Gasteiger partial charge on any atom is -0.379 e. The summed E-state index contributed by atoms with van der Waals surface area (Å²) in [6.07, 6.45) is 2.94. The van der Waals surface area contributed by atoms with Crippen molar-refractivity contribution < 1.29 is 19.5 Å². The van der Waals surface area contributed by atoms with E-state index in [0.29, 0.717) is 50.2 Å². The van der Waals surface area contributed by atoms with E-state index in [4.69, 9.17) is 0 Å². The molecule has 1 aliphatic heterocycles. The van der Waals surface area contributed by atoms with E-state index in [1.807, 2.05) is 66.4 Å². The van der Waals surface area contributed by atoms with Crippen LogP contribution >= 0.6 is 0 Å². The highest BCUT2D eigenvalue weighted by molar-refractivity contribution is 6.03. The highest BCUT2D eigenvalue weighted by atomic mass is 16.3. The molecular weight excluding hydrogens is 642 g/mol. The molecule has 0 saturated carbocycles. The Balaban J connectivity index is 1.12. The van der Waals surface area contributed by atoms with Crippen LogP contribution in [0.4, 0.5) is 5.69 Å². The van der Waals surface area contributed by atoms with Crippen LogP contribution in [0.1, 0.15) is 53.0 Å². The molecule has 1 unspecified atom stereocenters. The van der Waals surface area contributed by atoms with Crippen LogP contribution in [0.3, 0.4) is 0 Å². The van der Waals surface area contributed by atoms with E-state index in [1.54, 1.807) is 26.2 Å². The van der Waals surface area contributed by atoms with Gasteiger partial charge in [0.25, 0.3) is 5.91 Å². The van der Waals surface area contributed by atoms with Gasteiger partial charge in [0.2, 0.25) is 11.8 Å². The summed E-state index contributed by atoms with van der Waals surface area (Å²) in [7, 11) is 1.70. The average Bonchev–Trinajstić information content (AvgIpc) is 3.79.